The smallest absolute Gasteiger partial charge is 0.286 e. The van der Waals surface area contributed by atoms with Crippen molar-refractivity contribution < 1.29 is 19.2 Å². The maximum atomic E-state index is 12.5. The molecule has 1 N–H and O–H groups in total. The third-order valence-electron chi connectivity index (χ3n) is 5.22. The molecule has 3 rings (SSSR count). The number of rotatable bonds is 5. The van der Waals surface area contributed by atoms with Crippen LogP contribution in [-0.4, -0.2) is 53.4 Å². The Kier molecular flexibility index (Phi) is 6.39. The molecular formula is C20H25N3O4S. The summed E-state index contributed by atoms with van der Waals surface area (Å²) in [5.41, 5.74) is 0.542. The summed E-state index contributed by atoms with van der Waals surface area (Å²) >= 11 is 1.03. The van der Waals surface area contributed by atoms with Crippen LogP contribution in [0.4, 0.5) is 10.5 Å². The van der Waals surface area contributed by atoms with Crippen molar-refractivity contribution in [2.45, 2.75) is 37.0 Å². The van der Waals surface area contributed by atoms with E-state index in [1.807, 2.05) is 0 Å². The van der Waals surface area contributed by atoms with E-state index >= 15 is 0 Å². The molecule has 1 aliphatic carbocycles. The summed E-state index contributed by atoms with van der Waals surface area (Å²) in [6.45, 7) is 0.0996. The first-order valence-electron chi connectivity index (χ1n) is 9.51. The lowest BCUT2D eigenvalue weighted by molar-refractivity contribution is -0.140. The van der Waals surface area contributed by atoms with Gasteiger partial charge in [0.1, 0.15) is 0 Å². The van der Waals surface area contributed by atoms with Gasteiger partial charge >= 0.3 is 0 Å². The Labute approximate surface area is 168 Å². The molecular weight excluding hydrogens is 378 g/mol. The maximum Gasteiger partial charge on any atom is 0.286 e. The molecule has 7 nitrogen and oxygen atoms in total. The second-order valence-corrected chi connectivity index (χ2v) is 8.38. The number of nitrogens with zero attached hydrogens (tertiary/aromatic N) is 2. The van der Waals surface area contributed by atoms with Crippen LogP contribution in [0.5, 0.6) is 0 Å². The predicted molar refractivity (Wildman–Crippen MR) is 107 cm³/mol. The number of likely N-dealkylation sites (tertiary alicyclic amines) is 1. The molecule has 2 atom stereocenters. The highest BCUT2D eigenvalue weighted by Gasteiger charge is 2.47. The zero-order valence-corrected chi connectivity index (χ0v) is 17.0. The van der Waals surface area contributed by atoms with Gasteiger partial charge in [-0.3, -0.25) is 24.1 Å². The van der Waals surface area contributed by atoms with Gasteiger partial charge < -0.3 is 10.2 Å². The van der Waals surface area contributed by atoms with E-state index in [1.165, 1.54) is 9.80 Å². The van der Waals surface area contributed by atoms with Gasteiger partial charge in [0.05, 0.1) is 17.5 Å². The Morgan fingerprint density at radius 2 is 1.71 bits per heavy atom. The zero-order chi connectivity index (χ0) is 20.3. The third kappa shape index (κ3) is 4.38. The largest absolute Gasteiger partial charge is 0.339 e. The minimum absolute atomic E-state index is 0.0392. The lowest BCUT2D eigenvalue weighted by atomic mass is 9.81. The Balaban J connectivity index is 1.59. The first kappa shape index (κ1) is 20.4. The molecule has 1 aromatic rings. The van der Waals surface area contributed by atoms with E-state index in [0.29, 0.717) is 10.6 Å². The molecule has 0 bridgehead atoms. The number of anilines is 1. The number of carbonyl (C=O) groups excluding carboxylic acids is 4. The van der Waals surface area contributed by atoms with Gasteiger partial charge in [-0.2, -0.15) is 0 Å². The number of imide groups is 1. The van der Waals surface area contributed by atoms with Gasteiger partial charge in [-0.25, -0.2) is 0 Å². The SMILES string of the molecule is CN(C)C(=O)Sc1ccccc1NC(=O)CCN1C(=O)C2CCCCC2C1=O. The molecule has 0 radical (unpaired) electrons. The van der Waals surface area contributed by atoms with Crippen LogP contribution in [0.2, 0.25) is 0 Å². The van der Waals surface area contributed by atoms with Gasteiger partial charge in [-0.15, -0.1) is 0 Å². The minimum Gasteiger partial charge on any atom is -0.339 e. The highest BCUT2D eigenvalue weighted by atomic mass is 32.2. The maximum absolute atomic E-state index is 12.5. The third-order valence-corrected chi connectivity index (χ3v) is 6.33. The highest BCUT2D eigenvalue weighted by Crippen LogP contribution is 2.38. The Hall–Kier alpha value is -2.35. The number of nitrogens with one attached hydrogen (secondary N) is 1. The average molecular weight is 404 g/mol. The molecule has 0 spiro atoms. The average Bonchev–Trinajstić information content (AvgIpc) is 2.92. The molecule has 4 amide bonds. The summed E-state index contributed by atoms with van der Waals surface area (Å²) in [6, 6.07) is 7.06. The Morgan fingerprint density at radius 3 is 2.32 bits per heavy atom. The van der Waals surface area contributed by atoms with Gasteiger partial charge in [0.15, 0.2) is 0 Å². The van der Waals surface area contributed by atoms with E-state index in [0.717, 1.165) is 37.4 Å². The molecule has 1 saturated heterocycles. The topological polar surface area (TPSA) is 86.8 Å². The van der Waals surface area contributed by atoms with Gasteiger partial charge in [0.2, 0.25) is 17.7 Å². The van der Waals surface area contributed by atoms with Crippen molar-refractivity contribution in [3.05, 3.63) is 24.3 Å². The lowest BCUT2D eigenvalue weighted by Gasteiger charge is -2.19. The van der Waals surface area contributed by atoms with Gasteiger partial charge in [-0.1, -0.05) is 25.0 Å². The second-order valence-electron chi connectivity index (χ2n) is 7.38. The van der Waals surface area contributed by atoms with Gasteiger partial charge in [0.25, 0.3) is 5.24 Å². The second kappa shape index (κ2) is 8.77. The fraction of sp³-hybridized carbons (Fsp3) is 0.500. The standard InChI is InChI=1S/C20H25N3O4S/c1-22(2)20(27)28-16-10-6-5-9-15(16)21-17(24)11-12-23-18(25)13-7-3-4-8-14(13)19(23)26/h5-6,9-10,13-14H,3-4,7-8,11-12H2,1-2H3,(H,21,24). The van der Waals surface area contributed by atoms with Crippen LogP contribution in [0, 0.1) is 11.8 Å². The van der Waals surface area contributed by atoms with Gasteiger partial charge in [-0.05, 0) is 36.7 Å². The van der Waals surface area contributed by atoms with E-state index < -0.39 is 0 Å². The molecule has 1 saturated carbocycles. The van der Waals surface area contributed by atoms with Crippen LogP contribution in [0.15, 0.2) is 29.2 Å². The van der Waals surface area contributed by atoms with E-state index in [1.54, 1.807) is 38.4 Å². The summed E-state index contributed by atoms with van der Waals surface area (Å²) in [4.78, 5) is 52.7. The quantitative estimate of drug-likeness (QED) is 0.603. The highest BCUT2D eigenvalue weighted by molar-refractivity contribution is 8.13. The van der Waals surface area contributed by atoms with E-state index in [9.17, 15) is 19.2 Å². The number of carbonyl (C=O) groups is 4. The molecule has 28 heavy (non-hydrogen) atoms. The van der Waals surface area contributed by atoms with E-state index in [-0.39, 0.29) is 47.8 Å². The van der Waals surface area contributed by atoms with Crippen molar-refractivity contribution in [3.8, 4) is 0 Å². The summed E-state index contributed by atoms with van der Waals surface area (Å²) < 4.78 is 0. The monoisotopic (exact) mass is 403 g/mol. The van der Waals surface area contributed by atoms with Crippen molar-refractivity contribution in [2.24, 2.45) is 11.8 Å². The van der Waals surface area contributed by atoms with Crippen LogP contribution in [0.1, 0.15) is 32.1 Å². The van der Waals surface area contributed by atoms with Crippen LogP contribution in [0.25, 0.3) is 0 Å². The molecule has 2 aliphatic rings. The van der Waals surface area contributed by atoms with Crippen molar-refractivity contribution >= 4 is 40.4 Å². The number of para-hydroxylation sites is 1. The molecule has 2 fully saturated rings. The number of thioether (sulfide) groups is 1. The minimum atomic E-state index is -0.291. The number of hydrogen-bond donors (Lipinski definition) is 1. The zero-order valence-electron chi connectivity index (χ0n) is 16.1. The van der Waals surface area contributed by atoms with Crippen molar-refractivity contribution in [1.82, 2.24) is 9.80 Å². The first-order chi connectivity index (χ1) is 13.4. The first-order valence-corrected chi connectivity index (χ1v) is 10.3. The summed E-state index contributed by atoms with van der Waals surface area (Å²) in [5, 5.41) is 2.65. The lowest BCUT2D eigenvalue weighted by Crippen LogP contribution is -2.34. The van der Waals surface area contributed by atoms with E-state index in [4.69, 9.17) is 0 Å². The molecule has 1 aliphatic heterocycles. The predicted octanol–water partition coefficient (Wildman–Crippen LogP) is 2.96. The number of benzene rings is 1. The molecule has 1 aromatic carbocycles. The fourth-order valence-electron chi connectivity index (χ4n) is 3.72. The molecule has 2 unspecified atom stereocenters. The van der Waals surface area contributed by atoms with Crippen LogP contribution in [-0.2, 0) is 14.4 Å². The van der Waals surface area contributed by atoms with E-state index in [2.05, 4.69) is 5.32 Å². The summed E-state index contributed by atoms with van der Waals surface area (Å²) in [7, 11) is 3.33. The fourth-order valence-corrected chi connectivity index (χ4v) is 4.47. The van der Waals surface area contributed by atoms with Crippen molar-refractivity contribution in [2.75, 3.05) is 26.0 Å². The van der Waals surface area contributed by atoms with Crippen molar-refractivity contribution in [1.29, 1.82) is 0 Å². The van der Waals surface area contributed by atoms with Crippen LogP contribution >= 0.6 is 11.8 Å². The number of amides is 4. The molecule has 1 heterocycles. The van der Waals surface area contributed by atoms with Crippen molar-refractivity contribution in [3.63, 3.8) is 0 Å². The van der Waals surface area contributed by atoms with Crippen LogP contribution < -0.4 is 5.32 Å². The summed E-state index contributed by atoms with van der Waals surface area (Å²) in [6.07, 6.45) is 3.53. The Bertz CT molecular complexity index is 771. The normalized spacial score (nSPS) is 21.4. The Morgan fingerprint density at radius 1 is 1.11 bits per heavy atom. The number of fused-ring (bicyclic) bond motifs is 1. The molecule has 150 valence electrons. The molecule has 8 heteroatoms. The van der Waals surface area contributed by atoms with Gasteiger partial charge in [0, 0.05) is 32.0 Å². The van der Waals surface area contributed by atoms with Crippen LogP contribution in [0.3, 0.4) is 0 Å². The summed E-state index contributed by atoms with van der Waals surface area (Å²) in [5.74, 6) is -0.942. The number of hydrogen-bond acceptors (Lipinski definition) is 5. The molecule has 0 aromatic heterocycles.